The summed E-state index contributed by atoms with van der Waals surface area (Å²) in [6, 6.07) is 0. The van der Waals surface area contributed by atoms with E-state index in [9.17, 15) is 8.78 Å². The van der Waals surface area contributed by atoms with Crippen LogP contribution in [-0.4, -0.2) is 13.3 Å². The molecule has 0 aromatic carbocycles. The molecule has 0 heterocycles. The van der Waals surface area contributed by atoms with Gasteiger partial charge in [-0.05, 0) is 30.1 Å². The summed E-state index contributed by atoms with van der Waals surface area (Å²) < 4.78 is 24.8. The molecule has 0 aliphatic heterocycles. The highest BCUT2D eigenvalue weighted by Crippen LogP contribution is 2.48. The van der Waals surface area contributed by atoms with E-state index in [1.165, 1.54) is 0 Å². The predicted molar refractivity (Wildman–Crippen MR) is 39.7 cm³/mol. The van der Waals surface area contributed by atoms with E-state index < -0.39 is 0 Å². The molecule has 4 unspecified atom stereocenters. The van der Waals surface area contributed by atoms with E-state index in [1.54, 1.807) is 0 Å². The maximum atomic E-state index is 12.4. The van der Waals surface area contributed by atoms with Crippen LogP contribution >= 0.6 is 0 Å². The average Bonchev–Trinajstić information content (AvgIpc) is 2.60. The van der Waals surface area contributed by atoms with Crippen molar-refractivity contribution >= 4 is 0 Å². The molecule has 0 N–H and O–H groups in total. The molecule has 0 nitrogen and oxygen atoms in total. The van der Waals surface area contributed by atoms with Crippen LogP contribution < -0.4 is 0 Å². The van der Waals surface area contributed by atoms with Crippen LogP contribution in [0, 0.1) is 23.7 Å². The highest BCUT2D eigenvalue weighted by molar-refractivity contribution is 5.13. The Morgan fingerprint density at radius 3 is 1.82 bits per heavy atom. The Hall–Kier alpha value is -0.400. The largest absolute Gasteiger partial charge is 0.251 e. The third kappa shape index (κ3) is 0.916. The van der Waals surface area contributed by atoms with Crippen molar-refractivity contribution in [1.29, 1.82) is 0 Å². The van der Waals surface area contributed by atoms with Gasteiger partial charge in [-0.2, -0.15) is 0 Å². The number of hydrogen-bond acceptors (Lipinski definition) is 0. The third-order valence-corrected chi connectivity index (χ3v) is 3.16. The summed E-state index contributed by atoms with van der Waals surface area (Å²) in [5, 5.41) is 0. The third-order valence-electron chi connectivity index (χ3n) is 3.16. The summed E-state index contributed by atoms with van der Waals surface area (Å²) in [5.74, 6) is 0.640. The number of rotatable bonds is 2. The molecule has 0 aromatic rings. The van der Waals surface area contributed by atoms with Gasteiger partial charge >= 0.3 is 0 Å². The van der Waals surface area contributed by atoms with Crippen LogP contribution in [0.4, 0.5) is 8.78 Å². The molecule has 4 atom stereocenters. The SMILES string of the molecule is FCC1C2C=CC(C2)C1CF. The molecule has 2 aliphatic rings. The lowest BCUT2D eigenvalue weighted by atomic mass is 9.85. The molecule has 2 rings (SSSR count). The van der Waals surface area contributed by atoms with E-state index in [0.717, 1.165) is 6.42 Å². The van der Waals surface area contributed by atoms with Gasteiger partial charge in [0.1, 0.15) is 0 Å². The van der Waals surface area contributed by atoms with Gasteiger partial charge in [-0.3, -0.25) is 8.78 Å². The summed E-state index contributed by atoms with van der Waals surface area (Å²) in [6.07, 6.45) is 5.10. The number of hydrogen-bond donors (Lipinski definition) is 0. The number of halogens is 2. The summed E-state index contributed by atoms with van der Waals surface area (Å²) in [7, 11) is 0. The quantitative estimate of drug-likeness (QED) is 0.541. The van der Waals surface area contributed by atoms with Crippen LogP contribution in [0.1, 0.15) is 6.42 Å². The second kappa shape index (κ2) is 2.58. The van der Waals surface area contributed by atoms with Crippen molar-refractivity contribution in [3.8, 4) is 0 Å². The first-order valence-corrected chi connectivity index (χ1v) is 4.17. The van der Waals surface area contributed by atoms with Crippen LogP contribution in [0.5, 0.6) is 0 Å². The van der Waals surface area contributed by atoms with Crippen molar-refractivity contribution in [2.24, 2.45) is 23.7 Å². The van der Waals surface area contributed by atoms with Gasteiger partial charge in [-0.25, -0.2) is 0 Å². The molecule has 0 spiro atoms. The van der Waals surface area contributed by atoms with E-state index in [4.69, 9.17) is 0 Å². The zero-order chi connectivity index (χ0) is 7.84. The van der Waals surface area contributed by atoms with E-state index in [0.29, 0.717) is 11.8 Å². The van der Waals surface area contributed by atoms with Crippen LogP contribution in [0.2, 0.25) is 0 Å². The van der Waals surface area contributed by atoms with Crippen LogP contribution in [0.25, 0.3) is 0 Å². The summed E-state index contributed by atoms with van der Waals surface area (Å²) >= 11 is 0. The minimum absolute atomic E-state index is 0.0185. The van der Waals surface area contributed by atoms with Crippen molar-refractivity contribution in [2.45, 2.75) is 6.42 Å². The molecule has 2 aliphatic carbocycles. The van der Waals surface area contributed by atoms with Crippen LogP contribution in [-0.2, 0) is 0 Å². The van der Waals surface area contributed by atoms with Gasteiger partial charge in [-0.1, -0.05) is 12.2 Å². The lowest BCUT2D eigenvalue weighted by Gasteiger charge is -2.22. The number of allylic oxidation sites excluding steroid dienone is 2. The molecule has 1 saturated carbocycles. The van der Waals surface area contributed by atoms with Gasteiger partial charge in [0.15, 0.2) is 0 Å². The first-order valence-electron chi connectivity index (χ1n) is 4.17. The molecular weight excluding hydrogens is 146 g/mol. The molecule has 62 valence electrons. The molecular formula is C9H12F2. The van der Waals surface area contributed by atoms with E-state index in [2.05, 4.69) is 12.2 Å². The second-order valence-corrected chi connectivity index (χ2v) is 3.58. The Morgan fingerprint density at radius 1 is 1.00 bits per heavy atom. The summed E-state index contributed by atoms with van der Waals surface area (Å²) in [4.78, 5) is 0. The van der Waals surface area contributed by atoms with Crippen LogP contribution in [0.3, 0.4) is 0 Å². The molecule has 11 heavy (non-hydrogen) atoms. The van der Waals surface area contributed by atoms with E-state index in [-0.39, 0.29) is 25.2 Å². The zero-order valence-corrected chi connectivity index (χ0v) is 6.34. The summed E-state index contributed by atoms with van der Waals surface area (Å²) in [5.41, 5.74) is 0. The molecule has 2 bridgehead atoms. The van der Waals surface area contributed by atoms with Gasteiger partial charge in [0, 0.05) is 0 Å². The molecule has 1 fully saturated rings. The molecule has 0 radical (unpaired) electrons. The van der Waals surface area contributed by atoms with Crippen molar-refractivity contribution in [2.75, 3.05) is 13.3 Å². The normalized spacial score (nSPS) is 47.1. The van der Waals surface area contributed by atoms with Crippen molar-refractivity contribution in [3.05, 3.63) is 12.2 Å². The zero-order valence-electron chi connectivity index (χ0n) is 6.34. The van der Waals surface area contributed by atoms with Crippen molar-refractivity contribution in [3.63, 3.8) is 0 Å². The van der Waals surface area contributed by atoms with Crippen molar-refractivity contribution in [1.82, 2.24) is 0 Å². The number of alkyl halides is 2. The lowest BCUT2D eigenvalue weighted by molar-refractivity contribution is 0.202. The Balaban J connectivity index is 2.15. The van der Waals surface area contributed by atoms with E-state index >= 15 is 0 Å². The summed E-state index contributed by atoms with van der Waals surface area (Å²) in [6.45, 7) is -0.694. The smallest absolute Gasteiger partial charge is 0.0932 e. The fourth-order valence-corrected chi connectivity index (χ4v) is 2.48. The molecule has 2 heteroatoms. The van der Waals surface area contributed by atoms with Crippen LogP contribution in [0.15, 0.2) is 12.2 Å². The van der Waals surface area contributed by atoms with Gasteiger partial charge in [-0.15, -0.1) is 0 Å². The highest BCUT2D eigenvalue weighted by Gasteiger charge is 2.44. The Labute approximate surface area is 65.3 Å². The lowest BCUT2D eigenvalue weighted by Crippen LogP contribution is -2.22. The molecule has 0 aromatic heterocycles. The van der Waals surface area contributed by atoms with Gasteiger partial charge in [0.2, 0.25) is 0 Å². The van der Waals surface area contributed by atoms with Crippen molar-refractivity contribution < 1.29 is 8.78 Å². The topological polar surface area (TPSA) is 0 Å². The Bertz CT molecular complexity index is 158. The monoisotopic (exact) mass is 158 g/mol. The fourth-order valence-electron chi connectivity index (χ4n) is 2.48. The predicted octanol–water partition coefficient (Wildman–Crippen LogP) is 2.36. The molecule has 0 amide bonds. The Kier molecular flexibility index (Phi) is 1.70. The van der Waals surface area contributed by atoms with Gasteiger partial charge in [0.25, 0.3) is 0 Å². The standard InChI is InChI=1S/C9H12F2/c10-4-8-6-1-2-7(3-6)9(8)5-11/h1-2,6-9H,3-5H2. The number of fused-ring (bicyclic) bond motifs is 2. The van der Waals surface area contributed by atoms with Gasteiger partial charge < -0.3 is 0 Å². The minimum atomic E-state index is -0.347. The van der Waals surface area contributed by atoms with E-state index in [1.807, 2.05) is 0 Å². The molecule has 0 saturated heterocycles. The Morgan fingerprint density at radius 2 is 1.45 bits per heavy atom. The maximum Gasteiger partial charge on any atom is 0.0932 e. The fraction of sp³-hybridized carbons (Fsp3) is 0.778. The first kappa shape index (κ1) is 7.26. The second-order valence-electron chi connectivity index (χ2n) is 3.58. The first-order chi connectivity index (χ1) is 5.36. The maximum absolute atomic E-state index is 12.4. The highest BCUT2D eigenvalue weighted by atomic mass is 19.1. The average molecular weight is 158 g/mol. The minimum Gasteiger partial charge on any atom is -0.251 e. The van der Waals surface area contributed by atoms with Gasteiger partial charge in [0.05, 0.1) is 13.3 Å².